The van der Waals surface area contributed by atoms with Gasteiger partial charge in [0.25, 0.3) is 0 Å². The van der Waals surface area contributed by atoms with Crippen LogP contribution in [0.5, 0.6) is 0 Å². The lowest BCUT2D eigenvalue weighted by Crippen LogP contribution is -2.59. The summed E-state index contributed by atoms with van der Waals surface area (Å²) in [5.41, 5.74) is 0. The molecule has 0 aromatic rings. The molecule has 21 heavy (non-hydrogen) atoms. The van der Waals surface area contributed by atoms with Crippen molar-refractivity contribution in [2.75, 3.05) is 13.7 Å². The first-order valence-corrected chi connectivity index (χ1v) is 7.14. The number of fused-ring (bicyclic) bond motifs is 1. The van der Waals surface area contributed by atoms with Crippen LogP contribution in [-0.2, 0) is 28.5 Å². The highest BCUT2D eigenvalue weighted by atomic mass is 16.8. The molecule has 2 aliphatic rings. The molecule has 2 rings (SSSR count). The van der Waals surface area contributed by atoms with Gasteiger partial charge in [0.1, 0.15) is 18.3 Å². The number of aliphatic hydroxyl groups is 1. The van der Waals surface area contributed by atoms with Crippen molar-refractivity contribution >= 4 is 5.97 Å². The number of methoxy groups -OCH3 is 1. The topological polar surface area (TPSA) is 83.5 Å². The summed E-state index contributed by atoms with van der Waals surface area (Å²) in [5.74, 6) is -1.47. The molecule has 0 spiro atoms. The number of hydrogen-bond donors (Lipinski definition) is 1. The standard InChI is InChI=1S/C14H24O7/c1-7(2)12(16)19-11-10-9(20-14(3,4)21-10)8(6-15)18-13(11)17-5/h7-11,13,15H,6H2,1-5H3. The second kappa shape index (κ2) is 6.18. The van der Waals surface area contributed by atoms with Crippen molar-refractivity contribution in [3.05, 3.63) is 0 Å². The van der Waals surface area contributed by atoms with Crippen molar-refractivity contribution < 1.29 is 33.6 Å². The molecule has 2 heterocycles. The zero-order valence-corrected chi connectivity index (χ0v) is 13.1. The molecule has 0 amide bonds. The van der Waals surface area contributed by atoms with Crippen molar-refractivity contribution in [1.82, 2.24) is 0 Å². The van der Waals surface area contributed by atoms with Gasteiger partial charge in [-0.1, -0.05) is 13.8 Å². The fourth-order valence-electron chi connectivity index (χ4n) is 2.57. The van der Waals surface area contributed by atoms with E-state index >= 15 is 0 Å². The van der Waals surface area contributed by atoms with Gasteiger partial charge in [0.2, 0.25) is 0 Å². The Balaban J connectivity index is 2.22. The van der Waals surface area contributed by atoms with Crippen LogP contribution in [0.25, 0.3) is 0 Å². The van der Waals surface area contributed by atoms with E-state index in [2.05, 4.69) is 0 Å². The first-order chi connectivity index (χ1) is 9.79. The molecule has 0 aromatic heterocycles. The molecular formula is C14H24O7. The van der Waals surface area contributed by atoms with Gasteiger partial charge in [-0.05, 0) is 13.8 Å². The molecule has 0 aliphatic carbocycles. The number of rotatable bonds is 4. The summed E-state index contributed by atoms with van der Waals surface area (Å²) in [6.07, 6.45) is -3.18. The fraction of sp³-hybridized carbons (Fsp3) is 0.929. The predicted molar refractivity (Wildman–Crippen MR) is 71.3 cm³/mol. The van der Waals surface area contributed by atoms with E-state index in [9.17, 15) is 9.90 Å². The van der Waals surface area contributed by atoms with Crippen LogP contribution >= 0.6 is 0 Å². The SMILES string of the molecule is COC1OC(CO)C2OC(C)(C)OC2C1OC(=O)C(C)C. The average Bonchev–Trinajstić information content (AvgIpc) is 2.74. The molecule has 7 nitrogen and oxygen atoms in total. The number of carbonyl (C=O) groups excluding carboxylic acids is 1. The molecule has 0 aromatic carbocycles. The number of aliphatic hydroxyl groups excluding tert-OH is 1. The minimum absolute atomic E-state index is 0.231. The van der Waals surface area contributed by atoms with Crippen LogP contribution in [0, 0.1) is 5.92 Å². The molecule has 5 unspecified atom stereocenters. The van der Waals surface area contributed by atoms with E-state index in [1.54, 1.807) is 27.7 Å². The number of ether oxygens (including phenoxy) is 5. The maximum atomic E-state index is 11.9. The molecule has 1 N–H and O–H groups in total. The predicted octanol–water partition coefficient (Wildman–Crippen LogP) is 0.438. The van der Waals surface area contributed by atoms with E-state index in [0.717, 1.165) is 0 Å². The zero-order chi connectivity index (χ0) is 15.8. The number of esters is 1. The normalized spacial score (nSPS) is 38.3. The van der Waals surface area contributed by atoms with E-state index < -0.39 is 36.5 Å². The Labute approximate surface area is 124 Å². The minimum Gasteiger partial charge on any atom is -0.454 e. The molecule has 2 aliphatic heterocycles. The zero-order valence-electron chi connectivity index (χ0n) is 13.1. The minimum atomic E-state index is -0.836. The Kier molecular flexibility index (Phi) is 4.89. The molecule has 5 atom stereocenters. The van der Waals surface area contributed by atoms with Gasteiger partial charge in [0.15, 0.2) is 18.2 Å². The maximum absolute atomic E-state index is 11.9. The highest BCUT2D eigenvalue weighted by molar-refractivity contribution is 5.71. The average molecular weight is 304 g/mol. The van der Waals surface area contributed by atoms with Gasteiger partial charge in [0, 0.05) is 7.11 Å². The smallest absolute Gasteiger partial charge is 0.308 e. The maximum Gasteiger partial charge on any atom is 0.308 e. The third-order valence-corrected chi connectivity index (χ3v) is 3.57. The molecule has 0 radical (unpaired) electrons. The summed E-state index contributed by atoms with van der Waals surface area (Å²) < 4.78 is 28.0. The third-order valence-electron chi connectivity index (χ3n) is 3.57. The molecular weight excluding hydrogens is 280 g/mol. The number of hydrogen-bond acceptors (Lipinski definition) is 7. The monoisotopic (exact) mass is 304 g/mol. The summed E-state index contributed by atoms with van der Waals surface area (Å²) >= 11 is 0. The Morgan fingerprint density at radius 3 is 2.43 bits per heavy atom. The van der Waals surface area contributed by atoms with Crippen molar-refractivity contribution in [3.8, 4) is 0 Å². The van der Waals surface area contributed by atoms with Gasteiger partial charge in [-0.15, -0.1) is 0 Å². The lowest BCUT2D eigenvalue weighted by molar-refractivity contribution is -0.279. The van der Waals surface area contributed by atoms with Gasteiger partial charge in [-0.2, -0.15) is 0 Å². The molecule has 2 fully saturated rings. The van der Waals surface area contributed by atoms with Crippen LogP contribution in [-0.4, -0.2) is 61.3 Å². The largest absolute Gasteiger partial charge is 0.454 e. The Morgan fingerprint density at radius 1 is 1.29 bits per heavy atom. The summed E-state index contributed by atoms with van der Waals surface area (Å²) in [6.45, 7) is 6.80. The summed E-state index contributed by atoms with van der Waals surface area (Å²) in [7, 11) is 1.45. The summed E-state index contributed by atoms with van der Waals surface area (Å²) in [4.78, 5) is 11.9. The van der Waals surface area contributed by atoms with E-state index in [4.69, 9.17) is 23.7 Å². The van der Waals surface area contributed by atoms with Crippen LogP contribution in [0.4, 0.5) is 0 Å². The van der Waals surface area contributed by atoms with Crippen LogP contribution in [0.3, 0.4) is 0 Å². The molecule has 122 valence electrons. The van der Waals surface area contributed by atoms with Gasteiger partial charge >= 0.3 is 5.97 Å². The van der Waals surface area contributed by atoms with E-state index in [0.29, 0.717) is 0 Å². The second-order valence-corrected chi connectivity index (χ2v) is 6.08. The lowest BCUT2D eigenvalue weighted by Gasteiger charge is -2.40. The van der Waals surface area contributed by atoms with Crippen molar-refractivity contribution in [1.29, 1.82) is 0 Å². The second-order valence-electron chi connectivity index (χ2n) is 6.08. The highest BCUT2D eigenvalue weighted by Gasteiger charge is 2.56. The van der Waals surface area contributed by atoms with Crippen LogP contribution in [0.1, 0.15) is 27.7 Å². The van der Waals surface area contributed by atoms with Crippen molar-refractivity contribution in [2.24, 2.45) is 5.92 Å². The molecule has 0 bridgehead atoms. The molecule has 0 saturated carbocycles. The van der Waals surface area contributed by atoms with Gasteiger partial charge < -0.3 is 28.8 Å². The van der Waals surface area contributed by atoms with E-state index in [-0.39, 0.29) is 18.5 Å². The van der Waals surface area contributed by atoms with Gasteiger partial charge in [-0.3, -0.25) is 4.79 Å². The first-order valence-electron chi connectivity index (χ1n) is 7.14. The number of carbonyl (C=O) groups is 1. The summed E-state index contributed by atoms with van der Waals surface area (Å²) in [6, 6.07) is 0. The van der Waals surface area contributed by atoms with Crippen LogP contribution in [0.2, 0.25) is 0 Å². The Hall–Kier alpha value is -0.730. The third kappa shape index (κ3) is 3.37. The highest BCUT2D eigenvalue weighted by Crippen LogP contribution is 2.38. The first kappa shape index (κ1) is 16.6. The lowest BCUT2D eigenvalue weighted by atomic mass is 9.99. The van der Waals surface area contributed by atoms with E-state index in [1.807, 2.05) is 0 Å². The Bertz CT molecular complexity index is 382. The van der Waals surface area contributed by atoms with Crippen molar-refractivity contribution in [3.63, 3.8) is 0 Å². The van der Waals surface area contributed by atoms with Crippen molar-refractivity contribution in [2.45, 2.75) is 64.2 Å². The quantitative estimate of drug-likeness (QED) is 0.754. The Morgan fingerprint density at radius 2 is 1.90 bits per heavy atom. The fourth-order valence-corrected chi connectivity index (χ4v) is 2.57. The van der Waals surface area contributed by atoms with Gasteiger partial charge in [0.05, 0.1) is 12.5 Å². The van der Waals surface area contributed by atoms with Gasteiger partial charge in [-0.25, -0.2) is 0 Å². The van der Waals surface area contributed by atoms with E-state index in [1.165, 1.54) is 7.11 Å². The molecule has 2 saturated heterocycles. The van der Waals surface area contributed by atoms with Crippen LogP contribution < -0.4 is 0 Å². The molecule has 7 heteroatoms. The summed E-state index contributed by atoms with van der Waals surface area (Å²) in [5, 5.41) is 9.45. The van der Waals surface area contributed by atoms with Crippen LogP contribution in [0.15, 0.2) is 0 Å².